The van der Waals surface area contributed by atoms with Crippen LogP contribution in [0.1, 0.15) is 69.2 Å². The zero-order valence-corrected chi connectivity index (χ0v) is 19.3. The minimum absolute atomic E-state index is 0.110. The van der Waals surface area contributed by atoms with Crippen molar-refractivity contribution in [3.8, 4) is 5.75 Å². The molecular formula is C24H35N3O5. The van der Waals surface area contributed by atoms with Gasteiger partial charge >= 0.3 is 5.97 Å². The normalized spacial score (nSPS) is 22.7. The maximum Gasteiger partial charge on any atom is 0.305 e. The Hall–Kier alpha value is -2.61. The fraction of sp³-hybridized carbons (Fsp3) is 0.625. The van der Waals surface area contributed by atoms with Crippen LogP contribution in [0.3, 0.4) is 0 Å². The number of esters is 1. The van der Waals surface area contributed by atoms with Crippen molar-refractivity contribution >= 4 is 23.5 Å². The number of nitrogens with one attached hydrogen (secondary N) is 2. The lowest BCUT2D eigenvalue weighted by atomic mass is 9.81. The Balaban J connectivity index is 1.58. The number of carbonyl (C=O) groups is 3. The summed E-state index contributed by atoms with van der Waals surface area (Å²) in [5.41, 5.74) is 1.06. The molecule has 8 nitrogen and oxygen atoms in total. The summed E-state index contributed by atoms with van der Waals surface area (Å²) in [5, 5.41) is 5.91. The molecule has 2 fully saturated rings. The van der Waals surface area contributed by atoms with E-state index in [-0.39, 0.29) is 23.8 Å². The van der Waals surface area contributed by atoms with Gasteiger partial charge in [0.25, 0.3) is 5.91 Å². The first-order valence-electron chi connectivity index (χ1n) is 11.6. The van der Waals surface area contributed by atoms with Crippen molar-refractivity contribution < 1.29 is 23.9 Å². The Kier molecular flexibility index (Phi) is 8.50. The van der Waals surface area contributed by atoms with Crippen LogP contribution in [0.2, 0.25) is 0 Å². The predicted octanol–water partition coefficient (Wildman–Crippen LogP) is 3.11. The number of carbonyl (C=O) groups excluding carboxylic acids is 3. The standard InChI is InChI=1S/C24H35N3O5/c1-4-32-23(29)9-6-12-27-19-7-5-8-20(27)14-18(13-19)26-24(30)21-11-10-17(25-16(2)28)15-22(21)31-3/h10-11,15,18-20H,4-9,12-14H2,1-3H3,(H,25,28)(H,26,30). The van der Waals surface area contributed by atoms with E-state index in [4.69, 9.17) is 9.47 Å². The van der Waals surface area contributed by atoms with Gasteiger partial charge in [0, 0.05) is 43.2 Å². The lowest BCUT2D eigenvalue weighted by Crippen LogP contribution is -2.57. The molecule has 0 aromatic heterocycles. The van der Waals surface area contributed by atoms with Crippen molar-refractivity contribution in [1.29, 1.82) is 0 Å². The van der Waals surface area contributed by atoms with Gasteiger partial charge in [0.15, 0.2) is 0 Å². The van der Waals surface area contributed by atoms with Crippen LogP contribution in [-0.4, -0.2) is 61.1 Å². The first-order valence-corrected chi connectivity index (χ1v) is 11.6. The average molecular weight is 446 g/mol. The Morgan fingerprint density at radius 3 is 2.50 bits per heavy atom. The van der Waals surface area contributed by atoms with E-state index in [2.05, 4.69) is 15.5 Å². The maximum absolute atomic E-state index is 13.0. The molecule has 2 saturated heterocycles. The largest absolute Gasteiger partial charge is 0.496 e. The van der Waals surface area contributed by atoms with E-state index in [0.29, 0.717) is 42.1 Å². The van der Waals surface area contributed by atoms with Crippen LogP contribution in [0.5, 0.6) is 5.75 Å². The Labute approximate surface area is 190 Å². The van der Waals surface area contributed by atoms with Gasteiger partial charge in [0.1, 0.15) is 5.75 Å². The summed E-state index contributed by atoms with van der Waals surface area (Å²) < 4.78 is 10.4. The monoisotopic (exact) mass is 445 g/mol. The lowest BCUT2D eigenvalue weighted by Gasteiger charge is -2.49. The second-order valence-electron chi connectivity index (χ2n) is 8.62. The average Bonchev–Trinajstić information content (AvgIpc) is 2.73. The molecule has 32 heavy (non-hydrogen) atoms. The molecule has 1 aromatic carbocycles. The number of hydrogen-bond donors (Lipinski definition) is 2. The minimum Gasteiger partial charge on any atom is -0.496 e. The third-order valence-electron chi connectivity index (χ3n) is 6.33. The molecule has 0 radical (unpaired) electrons. The predicted molar refractivity (Wildman–Crippen MR) is 122 cm³/mol. The van der Waals surface area contributed by atoms with Crippen molar-refractivity contribution in [3.05, 3.63) is 23.8 Å². The Morgan fingerprint density at radius 2 is 1.88 bits per heavy atom. The highest BCUT2D eigenvalue weighted by Gasteiger charge is 2.38. The summed E-state index contributed by atoms with van der Waals surface area (Å²) in [7, 11) is 1.52. The van der Waals surface area contributed by atoms with Gasteiger partial charge in [0.2, 0.25) is 5.91 Å². The highest BCUT2D eigenvalue weighted by Crippen LogP contribution is 2.34. The highest BCUT2D eigenvalue weighted by molar-refractivity contribution is 5.98. The molecule has 2 heterocycles. The number of anilines is 1. The van der Waals surface area contributed by atoms with Crippen LogP contribution in [-0.2, 0) is 14.3 Å². The molecule has 2 amide bonds. The first-order chi connectivity index (χ1) is 15.4. The zero-order valence-electron chi connectivity index (χ0n) is 19.3. The van der Waals surface area contributed by atoms with E-state index >= 15 is 0 Å². The molecule has 8 heteroatoms. The summed E-state index contributed by atoms with van der Waals surface area (Å²) in [6, 6.07) is 6.03. The van der Waals surface area contributed by atoms with Crippen molar-refractivity contribution in [2.75, 3.05) is 25.6 Å². The number of benzene rings is 1. The van der Waals surface area contributed by atoms with Crippen molar-refractivity contribution in [3.63, 3.8) is 0 Å². The lowest BCUT2D eigenvalue weighted by molar-refractivity contribution is -0.143. The second-order valence-corrected chi connectivity index (χ2v) is 8.62. The third kappa shape index (κ3) is 6.22. The van der Waals surface area contributed by atoms with E-state index in [9.17, 15) is 14.4 Å². The number of ether oxygens (including phenoxy) is 2. The molecule has 2 bridgehead atoms. The molecule has 176 valence electrons. The summed E-state index contributed by atoms with van der Waals surface area (Å²) in [6.07, 6.45) is 6.54. The highest BCUT2D eigenvalue weighted by atomic mass is 16.5. The van der Waals surface area contributed by atoms with E-state index in [1.54, 1.807) is 18.2 Å². The topological polar surface area (TPSA) is 97.0 Å². The number of methoxy groups -OCH3 is 1. The second kappa shape index (κ2) is 11.3. The SMILES string of the molecule is CCOC(=O)CCCN1C2CCCC1CC(NC(=O)c1ccc(NC(C)=O)cc1OC)C2. The number of fused-ring (bicyclic) bond motifs is 2. The van der Waals surface area contributed by atoms with Gasteiger partial charge in [-0.15, -0.1) is 0 Å². The third-order valence-corrected chi connectivity index (χ3v) is 6.33. The van der Waals surface area contributed by atoms with E-state index in [1.807, 2.05) is 6.92 Å². The molecule has 2 N–H and O–H groups in total. The van der Waals surface area contributed by atoms with Gasteiger partial charge in [-0.1, -0.05) is 6.42 Å². The Morgan fingerprint density at radius 1 is 1.16 bits per heavy atom. The number of hydrogen-bond acceptors (Lipinski definition) is 6. The number of amides is 2. The molecule has 2 unspecified atom stereocenters. The summed E-state index contributed by atoms with van der Waals surface area (Å²) in [5.74, 6) is -0.0245. The van der Waals surface area contributed by atoms with Crippen LogP contribution >= 0.6 is 0 Å². The molecule has 0 aliphatic carbocycles. The minimum atomic E-state index is -0.176. The fourth-order valence-corrected chi connectivity index (χ4v) is 5.02. The molecule has 3 rings (SSSR count). The Bertz CT molecular complexity index is 814. The van der Waals surface area contributed by atoms with Gasteiger partial charge in [-0.3, -0.25) is 19.3 Å². The smallest absolute Gasteiger partial charge is 0.305 e. The number of rotatable bonds is 9. The maximum atomic E-state index is 13.0. The summed E-state index contributed by atoms with van der Waals surface area (Å²) in [6.45, 7) is 4.59. The van der Waals surface area contributed by atoms with Gasteiger partial charge in [-0.2, -0.15) is 0 Å². The first kappa shape index (κ1) is 24.0. The van der Waals surface area contributed by atoms with E-state index in [1.165, 1.54) is 20.5 Å². The van der Waals surface area contributed by atoms with E-state index < -0.39 is 0 Å². The van der Waals surface area contributed by atoms with Gasteiger partial charge in [-0.05, 0) is 57.7 Å². The van der Waals surface area contributed by atoms with Crippen molar-refractivity contribution in [2.24, 2.45) is 0 Å². The van der Waals surface area contributed by atoms with Crippen LogP contribution in [0, 0.1) is 0 Å². The van der Waals surface area contributed by atoms with Crippen LogP contribution in [0.25, 0.3) is 0 Å². The van der Waals surface area contributed by atoms with Crippen LogP contribution in [0.4, 0.5) is 5.69 Å². The quantitative estimate of drug-likeness (QED) is 0.567. The number of piperidine rings is 2. The van der Waals surface area contributed by atoms with Gasteiger partial charge < -0.3 is 20.1 Å². The molecule has 1 aromatic rings. The van der Waals surface area contributed by atoms with Crippen molar-refractivity contribution in [2.45, 2.75) is 76.9 Å². The molecule has 2 atom stereocenters. The molecule has 2 aliphatic heterocycles. The summed E-state index contributed by atoms with van der Waals surface area (Å²) >= 11 is 0. The summed E-state index contributed by atoms with van der Waals surface area (Å²) in [4.78, 5) is 38.5. The molecule has 2 aliphatic rings. The van der Waals surface area contributed by atoms with E-state index in [0.717, 1.165) is 38.6 Å². The van der Waals surface area contributed by atoms with Crippen LogP contribution in [0.15, 0.2) is 18.2 Å². The molecule has 0 saturated carbocycles. The fourth-order valence-electron chi connectivity index (χ4n) is 5.02. The van der Waals surface area contributed by atoms with Crippen molar-refractivity contribution in [1.82, 2.24) is 10.2 Å². The molecular weight excluding hydrogens is 410 g/mol. The zero-order chi connectivity index (χ0) is 23.1. The van der Waals surface area contributed by atoms with Crippen LogP contribution < -0.4 is 15.4 Å². The van der Waals surface area contributed by atoms with Gasteiger partial charge in [0.05, 0.1) is 19.3 Å². The van der Waals surface area contributed by atoms with Gasteiger partial charge in [-0.25, -0.2) is 0 Å². The molecule has 0 spiro atoms. The number of nitrogens with zero attached hydrogens (tertiary/aromatic N) is 1.